The van der Waals surface area contributed by atoms with E-state index in [-0.39, 0.29) is 17.8 Å². The molecule has 106 valence electrons. The number of nitrogens with one attached hydrogen (secondary N) is 1. The van der Waals surface area contributed by atoms with E-state index in [0.717, 1.165) is 0 Å². The minimum absolute atomic E-state index is 0.0580. The Morgan fingerprint density at radius 1 is 1.45 bits per heavy atom. The quantitative estimate of drug-likeness (QED) is 0.836. The molecule has 0 aromatic carbocycles. The topological polar surface area (TPSA) is 98.0 Å². The van der Waals surface area contributed by atoms with Gasteiger partial charge in [0.05, 0.1) is 6.61 Å². The SMILES string of the molecule is OC1(CNc2nc(Cl)nc(-n3cccn3)n2)CCOC1. The van der Waals surface area contributed by atoms with Crippen LogP contribution in [0.4, 0.5) is 5.95 Å². The molecule has 1 unspecified atom stereocenters. The summed E-state index contributed by atoms with van der Waals surface area (Å²) in [6.07, 6.45) is 3.89. The molecule has 3 heterocycles. The second-order valence-electron chi connectivity index (χ2n) is 4.56. The Kier molecular flexibility index (Phi) is 3.51. The second kappa shape index (κ2) is 5.31. The molecule has 9 heteroatoms. The Morgan fingerprint density at radius 2 is 2.35 bits per heavy atom. The van der Waals surface area contributed by atoms with Crippen molar-refractivity contribution in [3.63, 3.8) is 0 Å². The van der Waals surface area contributed by atoms with Crippen molar-refractivity contribution in [1.82, 2.24) is 24.7 Å². The third-order valence-corrected chi connectivity index (χ3v) is 3.13. The van der Waals surface area contributed by atoms with E-state index in [0.29, 0.717) is 25.6 Å². The molecule has 0 bridgehead atoms. The van der Waals surface area contributed by atoms with Gasteiger partial charge in [-0.1, -0.05) is 0 Å². The zero-order valence-electron chi connectivity index (χ0n) is 10.5. The van der Waals surface area contributed by atoms with E-state index in [1.807, 2.05) is 0 Å². The summed E-state index contributed by atoms with van der Waals surface area (Å²) in [6, 6.07) is 1.75. The Bertz CT molecular complexity index is 585. The first-order valence-electron chi connectivity index (χ1n) is 6.10. The Labute approximate surface area is 119 Å². The van der Waals surface area contributed by atoms with E-state index in [4.69, 9.17) is 16.3 Å². The van der Waals surface area contributed by atoms with Gasteiger partial charge in [-0.3, -0.25) is 0 Å². The van der Waals surface area contributed by atoms with Gasteiger partial charge >= 0.3 is 0 Å². The molecule has 1 aliphatic heterocycles. The second-order valence-corrected chi connectivity index (χ2v) is 4.90. The average molecular weight is 297 g/mol. The van der Waals surface area contributed by atoms with E-state index >= 15 is 0 Å². The summed E-state index contributed by atoms with van der Waals surface area (Å²) in [5, 5.41) is 17.2. The van der Waals surface area contributed by atoms with Crippen LogP contribution < -0.4 is 5.32 Å². The van der Waals surface area contributed by atoms with E-state index in [1.54, 1.807) is 18.5 Å². The van der Waals surface area contributed by atoms with E-state index < -0.39 is 5.60 Å². The predicted octanol–water partition coefficient (Wildman–Crippen LogP) is 0.274. The van der Waals surface area contributed by atoms with Crippen LogP contribution in [0.3, 0.4) is 0 Å². The maximum atomic E-state index is 10.2. The van der Waals surface area contributed by atoms with Crippen LogP contribution in [0.1, 0.15) is 6.42 Å². The largest absolute Gasteiger partial charge is 0.386 e. The smallest absolute Gasteiger partial charge is 0.256 e. The van der Waals surface area contributed by atoms with Crippen LogP contribution in [0.15, 0.2) is 18.5 Å². The number of rotatable bonds is 4. The minimum Gasteiger partial charge on any atom is -0.386 e. The highest BCUT2D eigenvalue weighted by atomic mass is 35.5. The molecule has 0 saturated carbocycles. The Morgan fingerprint density at radius 3 is 3.05 bits per heavy atom. The number of aliphatic hydroxyl groups is 1. The van der Waals surface area contributed by atoms with E-state index in [9.17, 15) is 5.11 Å². The number of nitrogens with zero attached hydrogens (tertiary/aromatic N) is 5. The lowest BCUT2D eigenvalue weighted by molar-refractivity contribution is 0.0380. The summed E-state index contributed by atoms with van der Waals surface area (Å²) < 4.78 is 6.65. The van der Waals surface area contributed by atoms with Gasteiger partial charge in [-0.2, -0.15) is 20.1 Å². The summed E-state index contributed by atoms with van der Waals surface area (Å²) >= 11 is 5.87. The third-order valence-electron chi connectivity index (χ3n) is 2.96. The average Bonchev–Trinajstić information content (AvgIpc) is 3.08. The molecule has 1 saturated heterocycles. The molecule has 0 spiro atoms. The van der Waals surface area contributed by atoms with E-state index in [2.05, 4.69) is 25.4 Å². The van der Waals surface area contributed by atoms with Crippen molar-refractivity contribution in [3.8, 4) is 5.95 Å². The van der Waals surface area contributed by atoms with Crippen molar-refractivity contribution in [2.75, 3.05) is 25.1 Å². The van der Waals surface area contributed by atoms with Gasteiger partial charge < -0.3 is 15.2 Å². The summed E-state index contributed by atoms with van der Waals surface area (Å²) in [5.41, 5.74) is -0.898. The fourth-order valence-corrected chi connectivity index (χ4v) is 2.04. The lowest BCUT2D eigenvalue weighted by Crippen LogP contribution is -2.37. The highest BCUT2D eigenvalue weighted by Gasteiger charge is 2.32. The number of hydrogen-bond donors (Lipinski definition) is 2. The first kappa shape index (κ1) is 13.2. The molecule has 0 amide bonds. The van der Waals surface area contributed by atoms with Crippen LogP contribution in [0, 0.1) is 0 Å². The predicted molar refractivity (Wildman–Crippen MR) is 70.8 cm³/mol. The van der Waals surface area contributed by atoms with Crippen molar-refractivity contribution in [2.45, 2.75) is 12.0 Å². The fraction of sp³-hybridized carbons (Fsp3) is 0.455. The fourth-order valence-electron chi connectivity index (χ4n) is 1.89. The molecule has 2 aromatic heterocycles. The number of halogens is 1. The van der Waals surface area contributed by atoms with Crippen LogP contribution in [0.25, 0.3) is 5.95 Å². The van der Waals surface area contributed by atoms with Gasteiger partial charge in [0, 0.05) is 32.0 Å². The van der Waals surface area contributed by atoms with Crippen LogP contribution in [-0.4, -0.2) is 55.2 Å². The number of hydrogen-bond acceptors (Lipinski definition) is 7. The third kappa shape index (κ3) is 2.87. The monoisotopic (exact) mass is 296 g/mol. The van der Waals surface area contributed by atoms with E-state index in [1.165, 1.54) is 4.68 Å². The lowest BCUT2D eigenvalue weighted by Gasteiger charge is -2.20. The molecule has 1 fully saturated rings. The molecule has 20 heavy (non-hydrogen) atoms. The number of ether oxygens (including phenoxy) is 1. The maximum Gasteiger partial charge on any atom is 0.256 e. The van der Waals surface area contributed by atoms with Crippen molar-refractivity contribution >= 4 is 17.5 Å². The molecule has 2 aromatic rings. The van der Waals surface area contributed by atoms with Gasteiger partial charge in [-0.25, -0.2) is 4.68 Å². The number of anilines is 1. The highest BCUT2D eigenvalue weighted by Crippen LogP contribution is 2.19. The Balaban J connectivity index is 1.76. The minimum atomic E-state index is -0.898. The zero-order valence-corrected chi connectivity index (χ0v) is 11.3. The van der Waals surface area contributed by atoms with Gasteiger partial charge in [-0.05, 0) is 17.7 Å². The van der Waals surface area contributed by atoms with Gasteiger partial charge in [0.1, 0.15) is 5.60 Å². The molecular formula is C11H13ClN6O2. The van der Waals surface area contributed by atoms with Crippen LogP contribution >= 0.6 is 11.6 Å². The highest BCUT2D eigenvalue weighted by molar-refractivity contribution is 6.28. The van der Waals surface area contributed by atoms with Crippen LogP contribution in [0.5, 0.6) is 0 Å². The van der Waals surface area contributed by atoms with Gasteiger partial charge in [0.25, 0.3) is 5.95 Å². The standard InChI is InChI=1S/C11H13ClN6O2/c12-8-15-9(13-6-11(19)2-5-20-7-11)17-10(16-8)18-4-1-3-14-18/h1,3-4,19H,2,5-7H2,(H,13,15,16,17). The molecular weight excluding hydrogens is 284 g/mol. The van der Waals surface area contributed by atoms with Gasteiger partial charge in [0.15, 0.2) is 0 Å². The molecule has 1 aliphatic rings. The summed E-state index contributed by atoms with van der Waals surface area (Å²) in [6.45, 7) is 1.13. The van der Waals surface area contributed by atoms with Crippen molar-refractivity contribution in [3.05, 3.63) is 23.7 Å². The summed E-state index contributed by atoms with van der Waals surface area (Å²) in [5.74, 6) is 0.600. The summed E-state index contributed by atoms with van der Waals surface area (Å²) in [4.78, 5) is 12.2. The molecule has 1 atom stereocenters. The first-order valence-corrected chi connectivity index (χ1v) is 6.48. The van der Waals surface area contributed by atoms with Crippen molar-refractivity contribution < 1.29 is 9.84 Å². The molecule has 3 rings (SSSR count). The van der Waals surface area contributed by atoms with Crippen LogP contribution in [-0.2, 0) is 4.74 Å². The van der Waals surface area contributed by atoms with Gasteiger partial charge in [-0.15, -0.1) is 0 Å². The molecule has 8 nitrogen and oxygen atoms in total. The maximum absolute atomic E-state index is 10.2. The first-order chi connectivity index (χ1) is 9.65. The van der Waals surface area contributed by atoms with Gasteiger partial charge in [0.2, 0.25) is 11.2 Å². The van der Waals surface area contributed by atoms with Crippen molar-refractivity contribution in [2.24, 2.45) is 0 Å². The molecule has 0 aliphatic carbocycles. The van der Waals surface area contributed by atoms with Crippen LogP contribution in [0.2, 0.25) is 5.28 Å². The lowest BCUT2D eigenvalue weighted by atomic mass is 10.0. The zero-order chi connectivity index (χ0) is 14.0. The molecule has 0 radical (unpaired) electrons. The molecule has 2 N–H and O–H groups in total. The Hall–Kier alpha value is -1.77. The normalized spacial score (nSPS) is 22.1. The number of aromatic nitrogens is 5. The van der Waals surface area contributed by atoms with Crippen molar-refractivity contribution in [1.29, 1.82) is 0 Å². The summed E-state index contributed by atoms with van der Waals surface area (Å²) in [7, 11) is 0.